The number of carbonyl (C=O) groups is 2. The average Bonchev–Trinajstić information content (AvgIpc) is 2.34. The molecule has 0 spiro atoms. The van der Waals surface area contributed by atoms with E-state index in [2.05, 4.69) is 20.9 Å². The van der Waals surface area contributed by atoms with E-state index in [9.17, 15) is 9.59 Å². The number of ether oxygens (including phenoxy) is 1. The first-order chi connectivity index (χ1) is 9.10. The molecule has 0 radical (unpaired) electrons. The van der Waals surface area contributed by atoms with E-state index in [-0.39, 0.29) is 0 Å². The molecule has 1 heterocycles. The van der Waals surface area contributed by atoms with Crippen molar-refractivity contribution in [2.45, 2.75) is 38.8 Å². The molecule has 5 nitrogen and oxygen atoms in total. The smallest absolute Gasteiger partial charge is 0.411 e. The molecule has 1 amide bonds. The summed E-state index contributed by atoms with van der Waals surface area (Å²) in [7, 11) is 1.52. The number of carbonyl (C=O) groups excluding carboxylic acids is 2. The van der Waals surface area contributed by atoms with Gasteiger partial charge < -0.3 is 9.53 Å². The molecule has 1 unspecified atom stereocenters. The van der Waals surface area contributed by atoms with Gasteiger partial charge in [-0.25, -0.2) is 9.78 Å². The summed E-state index contributed by atoms with van der Waals surface area (Å²) in [6.07, 6.45) is 0.111. The third kappa shape index (κ3) is 3.79. The summed E-state index contributed by atoms with van der Waals surface area (Å²) in [5.74, 6) is 0. The number of pyridine rings is 1. The normalized spacial score (nSPS) is 14.3. The second-order valence-electron chi connectivity index (χ2n) is 5.65. The Morgan fingerprint density at radius 2 is 1.95 bits per heavy atom. The Morgan fingerprint density at radius 1 is 1.35 bits per heavy atom. The Kier molecular flexibility index (Phi) is 4.91. The molecule has 1 atom stereocenters. The number of hydrogen-bond acceptors (Lipinski definition) is 4. The predicted molar refractivity (Wildman–Crippen MR) is 79.4 cm³/mol. The first-order valence-corrected chi connectivity index (χ1v) is 6.95. The van der Waals surface area contributed by atoms with Crippen LogP contribution in [-0.2, 0) is 15.1 Å². The highest BCUT2D eigenvalue weighted by atomic mass is 79.9. The number of amides is 1. The van der Waals surface area contributed by atoms with Crippen LogP contribution in [0.5, 0.6) is 0 Å². The molecule has 0 fully saturated rings. The highest BCUT2D eigenvalue weighted by molar-refractivity contribution is 9.10. The van der Waals surface area contributed by atoms with Crippen LogP contribution in [0, 0.1) is 0 Å². The number of halogens is 1. The van der Waals surface area contributed by atoms with Crippen LogP contribution in [-0.4, -0.2) is 34.9 Å². The molecule has 0 bridgehead atoms. The monoisotopic (exact) mass is 342 g/mol. The quantitative estimate of drug-likeness (QED) is 0.625. The van der Waals surface area contributed by atoms with Gasteiger partial charge in [-0.3, -0.25) is 4.90 Å². The van der Waals surface area contributed by atoms with Crippen molar-refractivity contribution >= 4 is 28.3 Å². The van der Waals surface area contributed by atoms with Crippen molar-refractivity contribution in [1.29, 1.82) is 0 Å². The summed E-state index contributed by atoms with van der Waals surface area (Å²) in [6.45, 7) is 6.94. The highest BCUT2D eigenvalue weighted by Crippen LogP contribution is 2.26. The van der Waals surface area contributed by atoms with Crippen molar-refractivity contribution in [3.8, 4) is 0 Å². The highest BCUT2D eigenvalue weighted by Gasteiger charge is 2.38. The largest absolute Gasteiger partial charge is 0.444 e. The van der Waals surface area contributed by atoms with Gasteiger partial charge in [0.25, 0.3) is 0 Å². The Balaban J connectivity index is 3.10. The molecule has 0 aliphatic rings. The molecule has 1 rings (SSSR count). The minimum absolute atomic E-state index is 0.468. The van der Waals surface area contributed by atoms with Crippen LogP contribution in [0.15, 0.2) is 22.8 Å². The molecule has 1 aromatic heterocycles. The van der Waals surface area contributed by atoms with Crippen molar-refractivity contribution in [3.63, 3.8) is 0 Å². The maximum Gasteiger partial charge on any atom is 0.411 e. The number of hydrogen-bond donors (Lipinski definition) is 0. The Bertz CT molecular complexity index is 513. The van der Waals surface area contributed by atoms with Crippen molar-refractivity contribution in [2.24, 2.45) is 0 Å². The van der Waals surface area contributed by atoms with Gasteiger partial charge in [0.15, 0.2) is 6.29 Å². The van der Waals surface area contributed by atoms with Gasteiger partial charge in [0.2, 0.25) is 0 Å². The zero-order valence-corrected chi connectivity index (χ0v) is 13.9. The van der Waals surface area contributed by atoms with Gasteiger partial charge in [-0.15, -0.1) is 0 Å². The summed E-state index contributed by atoms with van der Waals surface area (Å²) in [4.78, 5) is 29.2. The second kappa shape index (κ2) is 5.91. The first-order valence-electron chi connectivity index (χ1n) is 6.16. The number of nitrogens with zero attached hydrogens (tertiary/aromatic N) is 2. The molecule has 110 valence electrons. The van der Waals surface area contributed by atoms with Crippen LogP contribution in [0.4, 0.5) is 4.79 Å². The van der Waals surface area contributed by atoms with Crippen LogP contribution < -0.4 is 0 Å². The average molecular weight is 343 g/mol. The maximum atomic E-state index is 12.1. The Labute approximate surface area is 127 Å². The molecular formula is C14H19BrN2O3. The summed E-state index contributed by atoms with van der Waals surface area (Å²) >= 11 is 3.26. The van der Waals surface area contributed by atoms with E-state index in [0.717, 1.165) is 0 Å². The summed E-state index contributed by atoms with van der Waals surface area (Å²) in [6, 6.07) is 5.21. The van der Waals surface area contributed by atoms with Crippen molar-refractivity contribution < 1.29 is 14.3 Å². The number of aldehydes is 1. The third-order valence-electron chi connectivity index (χ3n) is 2.83. The molecular weight excluding hydrogens is 324 g/mol. The molecule has 0 aliphatic carbocycles. The van der Waals surface area contributed by atoms with Crippen LogP contribution in [0.2, 0.25) is 0 Å². The van der Waals surface area contributed by atoms with Crippen LogP contribution >= 0.6 is 15.9 Å². The molecule has 0 saturated heterocycles. The van der Waals surface area contributed by atoms with Crippen LogP contribution in [0.3, 0.4) is 0 Å². The summed E-state index contributed by atoms with van der Waals surface area (Å²) < 4.78 is 5.89. The standard InChI is InChI=1S/C14H19BrN2O3/c1-13(2,3)20-12(19)17(5)14(4,9-18)10-7-6-8-11(15)16-10/h6-9H,1-5H3. The van der Waals surface area contributed by atoms with Gasteiger partial charge in [0.1, 0.15) is 15.7 Å². The van der Waals surface area contributed by atoms with Gasteiger partial charge in [-0.2, -0.15) is 0 Å². The van der Waals surface area contributed by atoms with E-state index >= 15 is 0 Å². The van der Waals surface area contributed by atoms with Gasteiger partial charge in [0.05, 0.1) is 5.69 Å². The molecule has 0 aliphatic heterocycles. The molecule has 6 heteroatoms. The third-order valence-corrected chi connectivity index (χ3v) is 3.27. The van der Waals surface area contributed by atoms with Crippen molar-refractivity contribution in [2.75, 3.05) is 7.05 Å². The maximum absolute atomic E-state index is 12.1. The first kappa shape index (κ1) is 16.6. The lowest BCUT2D eigenvalue weighted by Gasteiger charge is -2.34. The van der Waals surface area contributed by atoms with Gasteiger partial charge >= 0.3 is 6.09 Å². The van der Waals surface area contributed by atoms with Crippen molar-refractivity contribution in [3.05, 3.63) is 28.5 Å². The lowest BCUT2D eigenvalue weighted by Crippen LogP contribution is -2.48. The SMILES string of the molecule is CN(C(=O)OC(C)(C)C)C(C)(C=O)c1cccc(Br)n1. The van der Waals surface area contributed by atoms with E-state index in [0.29, 0.717) is 16.6 Å². The minimum Gasteiger partial charge on any atom is -0.444 e. The topological polar surface area (TPSA) is 59.5 Å². The fourth-order valence-corrected chi connectivity index (χ4v) is 1.87. The summed E-state index contributed by atoms with van der Waals surface area (Å²) in [5.41, 5.74) is -1.35. The van der Waals surface area contributed by atoms with E-state index in [4.69, 9.17) is 4.74 Å². The molecule has 0 N–H and O–H groups in total. The van der Waals surface area contributed by atoms with Gasteiger partial charge in [-0.1, -0.05) is 6.07 Å². The van der Waals surface area contributed by atoms with E-state index in [1.807, 2.05) is 0 Å². The second-order valence-corrected chi connectivity index (χ2v) is 6.46. The number of aromatic nitrogens is 1. The number of rotatable bonds is 3. The lowest BCUT2D eigenvalue weighted by atomic mass is 9.97. The molecule has 0 saturated carbocycles. The Hall–Kier alpha value is -1.43. The van der Waals surface area contributed by atoms with Gasteiger partial charge in [0, 0.05) is 7.05 Å². The molecule has 20 heavy (non-hydrogen) atoms. The summed E-state index contributed by atoms with van der Waals surface area (Å²) in [5, 5.41) is 0. The van der Waals surface area contributed by atoms with E-state index < -0.39 is 17.2 Å². The zero-order valence-electron chi connectivity index (χ0n) is 12.3. The van der Waals surface area contributed by atoms with Crippen molar-refractivity contribution in [1.82, 2.24) is 9.88 Å². The van der Waals surface area contributed by atoms with Crippen LogP contribution in [0.1, 0.15) is 33.4 Å². The Morgan fingerprint density at radius 3 is 2.40 bits per heavy atom. The van der Waals surface area contributed by atoms with E-state index in [1.54, 1.807) is 45.9 Å². The fraction of sp³-hybridized carbons (Fsp3) is 0.500. The van der Waals surface area contributed by atoms with Crippen LogP contribution in [0.25, 0.3) is 0 Å². The number of likely N-dealkylation sites (N-methyl/N-ethyl adjacent to an activating group) is 1. The predicted octanol–water partition coefficient (Wildman–Crippen LogP) is 3.13. The van der Waals surface area contributed by atoms with Gasteiger partial charge in [-0.05, 0) is 55.8 Å². The zero-order chi connectivity index (χ0) is 15.6. The molecule has 0 aromatic carbocycles. The van der Waals surface area contributed by atoms with E-state index in [1.165, 1.54) is 11.9 Å². The lowest BCUT2D eigenvalue weighted by molar-refractivity contribution is -0.117. The minimum atomic E-state index is -1.19. The fourth-order valence-electron chi connectivity index (χ4n) is 1.52. The molecule has 1 aromatic rings.